The first-order valence-corrected chi connectivity index (χ1v) is 4.71. The van der Waals surface area contributed by atoms with Gasteiger partial charge in [-0.3, -0.25) is 0 Å². The summed E-state index contributed by atoms with van der Waals surface area (Å²) in [5.41, 5.74) is 0. The second-order valence-corrected chi connectivity index (χ2v) is 3.30. The third kappa shape index (κ3) is 2.81. The van der Waals surface area contributed by atoms with E-state index in [-0.39, 0.29) is 0 Å². The van der Waals surface area contributed by atoms with Gasteiger partial charge in [0.25, 0.3) is 0 Å². The Morgan fingerprint density at radius 3 is 2.92 bits per heavy atom. The van der Waals surface area contributed by atoms with E-state index in [1.807, 2.05) is 4.57 Å². The summed E-state index contributed by atoms with van der Waals surface area (Å²) in [7, 11) is 0. The molecule has 0 unspecified atom stereocenters. The van der Waals surface area contributed by atoms with Crippen LogP contribution in [0.5, 0.6) is 0 Å². The number of nitrogens with zero attached hydrogens (tertiary/aromatic N) is 3. The maximum atomic E-state index is 5.39. The molecule has 4 nitrogen and oxygen atoms in total. The fourth-order valence-electron chi connectivity index (χ4n) is 1.11. The predicted molar refractivity (Wildman–Crippen MR) is 50.4 cm³/mol. The van der Waals surface area contributed by atoms with Crippen LogP contribution in [0, 0.1) is 0 Å². The molecule has 0 saturated heterocycles. The van der Waals surface area contributed by atoms with Crippen molar-refractivity contribution in [3.8, 4) is 0 Å². The molecule has 0 amide bonds. The van der Waals surface area contributed by atoms with Crippen molar-refractivity contribution in [2.24, 2.45) is 0 Å². The molecule has 4 heteroatoms. The zero-order chi connectivity index (χ0) is 9.68. The second kappa shape index (κ2) is 4.97. The van der Waals surface area contributed by atoms with Crippen molar-refractivity contribution in [3.63, 3.8) is 0 Å². The van der Waals surface area contributed by atoms with Crippen LogP contribution in [-0.4, -0.2) is 21.4 Å². The zero-order valence-electron chi connectivity index (χ0n) is 8.53. The molecule has 74 valence electrons. The van der Waals surface area contributed by atoms with Gasteiger partial charge < -0.3 is 9.30 Å². The lowest BCUT2D eigenvalue weighted by Crippen LogP contribution is -2.07. The van der Waals surface area contributed by atoms with Gasteiger partial charge in [0.15, 0.2) is 5.82 Å². The van der Waals surface area contributed by atoms with E-state index >= 15 is 0 Å². The Morgan fingerprint density at radius 1 is 1.54 bits per heavy atom. The molecule has 1 heterocycles. The summed E-state index contributed by atoms with van der Waals surface area (Å²) in [5, 5.41) is 7.85. The van der Waals surface area contributed by atoms with Crippen molar-refractivity contribution >= 4 is 0 Å². The highest BCUT2D eigenvalue weighted by atomic mass is 16.5. The Balaban J connectivity index is 2.50. The molecule has 0 atom stereocenters. The van der Waals surface area contributed by atoms with Crippen molar-refractivity contribution in [1.82, 2.24) is 14.8 Å². The van der Waals surface area contributed by atoms with Crippen molar-refractivity contribution in [3.05, 3.63) is 12.2 Å². The molecule has 0 saturated carbocycles. The maximum Gasteiger partial charge on any atom is 0.159 e. The zero-order valence-corrected chi connectivity index (χ0v) is 8.53. The third-order valence-corrected chi connectivity index (χ3v) is 1.78. The van der Waals surface area contributed by atoms with E-state index in [1.54, 1.807) is 6.33 Å². The maximum absolute atomic E-state index is 5.39. The highest BCUT2D eigenvalue weighted by Crippen LogP contribution is 2.07. The SMILES string of the molecule is CCCOCc1nncn1C(C)C. The van der Waals surface area contributed by atoms with Gasteiger partial charge in [-0.15, -0.1) is 10.2 Å². The minimum atomic E-state index is 0.398. The van der Waals surface area contributed by atoms with Crippen molar-refractivity contribution in [1.29, 1.82) is 0 Å². The van der Waals surface area contributed by atoms with Gasteiger partial charge in [0.1, 0.15) is 12.9 Å². The van der Waals surface area contributed by atoms with Gasteiger partial charge in [-0.2, -0.15) is 0 Å². The van der Waals surface area contributed by atoms with Crippen LogP contribution in [0.15, 0.2) is 6.33 Å². The van der Waals surface area contributed by atoms with E-state index in [1.165, 1.54) is 0 Å². The first-order chi connectivity index (χ1) is 6.25. The summed E-state index contributed by atoms with van der Waals surface area (Å²) < 4.78 is 7.42. The molecule has 0 fully saturated rings. The number of rotatable bonds is 5. The van der Waals surface area contributed by atoms with Crippen LogP contribution < -0.4 is 0 Å². The van der Waals surface area contributed by atoms with E-state index in [0.29, 0.717) is 12.6 Å². The van der Waals surface area contributed by atoms with E-state index in [2.05, 4.69) is 31.0 Å². The molecule has 0 bridgehead atoms. The van der Waals surface area contributed by atoms with Crippen LogP contribution in [0.2, 0.25) is 0 Å². The lowest BCUT2D eigenvalue weighted by Gasteiger charge is -2.09. The van der Waals surface area contributed by atoms with Gasteiger partial charge in [-0.25, -0.2) is 0 Å². The summed E-state index contributed by atoms with van der Waals surface area (Å²) in [6.45, 7) is 7.64. The minimum Gasteiger partial charge on any atom is -0.373 e. The Morgan fingerprint density at radius 2 is 2.31 bits per heavy atom. The monoisotopic (exact) mass is 183 g/mol. The van der Waals surface area contributed by atoms with Crippen LogP contribution in [0.3, 0.4) is 0 Å². The molecular formula is C9H17N3O. The van der Waals surface area contributed by atoms with Crippen LogP contribution in [0.1, 0.15) is 39.1 Å². The number of hydrogen-bond acceptors (Lipinski definition) is 3. The van der Waals surface area contributed by atoms with Crippen molar-refractivity contribution in [2.75, 3.05) is 6.61 Å². The van der Waals surface area contributed by atoms with Crippen LogP contribution in [0.4, 0.5) is 0 Å². The fraction of sp³-hybridized carbons (Fsp3) is 0.778. The molecule has 0 aliphatic carbocycles. The van der Waals surface area contributed by atoms with E-state index in [9.17, 15) is 0 Å². The average molecular weight is 183 g/mol. The summed E-state index contributed by atoms with van der Waals surface area (Å²) in [5.74, 6) is 0.906. The van der Waals surface area contributed by atoms with Gasteiger partial charge in [0.05, 0.1) is 0 Å². The number of ether oxygens (including phenoxy) is 1. The fourth-order valence-corrected chi connectivity index (χ4v) is 1.11. The molecule has 13 heavy (non-hydrogen) atoms. The Kier molecular flexibility index (Phi) is 3.89. The normalized spacial score (nSPS) is 11.1. The minimum absolute atomic E-state index is 0.398. The summed E-state index contributed by atoms with van der Waals surface area (Å²) in [6.07, 6.45) is 2.78. The lowest BCUT2D eigenvalue weighted by molar-refractivity contribution is 0.112. The van der Waals surface area contributed by atoms with Gasteiger partial charge in [0, 0.05) is 12.6 Å². The quantitative estimate of drug-likeness (QED) is 0.653. The van der Waals surface area contributed by atoms with Gasteiger partial charge >= 0.3 is 0 Å². The molecule has 0 aromatic carbocycles. The highest BCUT2D eigenvalue weighted by Gasteiger charge is 2.06. The summed E-state index contributed by atoms with van der Waals surface area (Å²) in [6, 6.07) is 0.398. The van der Waals surface area contributed by atoms with E-state index < -0.39 is 0 Å². The van der Waals surface area contributed by atoms with Gasteiger partial charge in [0.2, 0.25) is 0 Å². The molecule has 1 rings (SSSR count). The van der Waals surface area contributed by atoms with Gasteiger partial charge in [-0.1, -0.05) is 6.92 Å². The van der Waals surface area contributed by atoms with Gasteiger partial charge in [-0.05, 0) is 20.3 Å². The van der Waals surface area contributed by atoms with E-state index in [0.717, 1.165) is 18.9 Å². The molecule has 1 aromatic heterocycles. The molecule has 0 radical (unpaired) electrons. The first-order valence-electron chi connectivity index (χ1n) is 4.71. The van der Waals surface area contributed by atoms with Crippen LogP contribution >= 0.6 is 0 Å². The standard InChI is InChI=1S/C9H17N3O/c1-4-5-13-6-9-11-10-7-12(9)8(2)3/h7-8H,4-6H2,1-3H3. The average Bonchev–Trinajstić information content (AvgIpc) is 2.53. The summed E-state index contributed by atoms with van der Waals surface area (Å²) in [4.78, 5) is 0. The summed E-state index contributed by atoms with van der Waals surface area (Å²) >= 11 is 0. The molecule has 0 spiro atoms. The Hall–Kier alpha value is -0.900. The topological polar surface area (TPSA) is 39.9 Å². The Bertz CT molecular complexity index is 245. The molecule has 0 aliphatic rings. The number of aromatic nitrogens is 3. The van der Waals surface area contributed by atoms with E-state index in [4.69, 9.17) is 4.74 Å². The molecule has 1 aromatic rings. The second-order valence-electron chi connectivity index (χ2n) is 3.30. The molecular weight excluding hydrogens is 166 g/mol. The van der Waals surface area contributed by atoms with Crippen LogP contribution in [0.25, 0.3) is 0 Å². The largest absolute Gasteiger partial charge is 0.373 e. The smallest absolute Gasteiger partial charge is 0.159 e. The highest BCUT2D eigenvalue weighted by molar-refractivity contribution is 4.85. The predicted octanol–water partition coefficient (Wildman–Crippen LogP) is 1.79. The third-order valence-electron chi connectivity index (χ3n) is 1.78. The number of hydrogen-bond donors (Lipinski definition) is 0. The first kappa shape index (κ1) is 10.2. The lowest BCUT2D eigenvalue weighted by atomic mass is 10.4. The van der Waals surface area contributed by atoms with Crippen molar-refractivity contribution in [2.45, 2.75) is 39.8 Å². The Labute approximate surface area is 78.9 Å². The molecule has 0 aliphatic heterocycles. The van der Waals surface area contributed by atoms with Crippen LogP contribution in [-0.2, 0) is 11.3 Å². The molecule has 0 N–H and O–H groups in total. The van der Waals surface area contributed by atoms with Crippen molar-refractivity contribution < 1.29 is 4.74 Å².